The predicted octanol–water partition coefficient (Wildman–Crippen LogP) is 4.57. The summed E-state index contributed by atoms with van der Waals surface area (Å²) < 4.78 is 0. The number of nitrogens with zero attached hydrogens (tertiary/aromatic N) is 1. The molecule has 1 unspecified atom stereocenters. The van der Waals surface area contributed by atoms with Gasteiger partial charge in [0.05, 0.1) is 0 Å². The molecule has 25 heavy (non-hydrogen) atoms. The van der Waals surface area contributed by atoms with Crippen molar-refractivity contribution < 1.29 is 5.02 Å². The minimum atomic E-state index is -0.785. The number of rotatable bonds is 4. The predicted molar refractivity (Wildman–Crippen MR) is 106 cm³/mol. The zero-order chi connectivity index (χ0) is 18.0. The van der Waals surface area contributed by atoms with Crippen LogP contribution in [0.25, 0.3) is 0 Å². The van der Waals surface area contributed by atoms with Gasteiger partial charge in [-0.25, -0.2) is 0 Å². The van der Waals surface area contributed by atoms with E-state index in [2.05, 4.69) is 4.98 Å². The number of halogens is 2. The topological polar surface area (TPSA) is 33.1 Å². The molecule has 0 saturated heterocycles. The Balaban J connectivity index is 2.10. The molecule has 1 aromatic heterocycles. The first kappa shape index (κ1) is 18.0. The van der Waals surface area contributed by atoms with Crippen LogP contribution in [0.5, 0.6) is 0 Å². The van der Waals surface area contributed by atoms with Gasteiger partial charge in [0.25, 0.3) is 0 Å². The zero-order valence-electron chi connectivity index (χ0n) is 14.1. The molecule has 0 radical (unpaired) electrons. The number of aryl methyl sites for hydroxylation is 2. The molecule has 0 aliphatic carbocycles. The summed E-state index contributed by atoms with van der Waals surface area (Å²) in [6, 6.07) is 17.2. The molecule has 2 nitrogen and oxygen atoms in total. The van der Waals surface area contributed by atoms with Gasteiger partial charge in [-0.15, -0.1) is 0 Å². The summed E-state index contributed by atoms with van der Waals surface area (Å²) in [6.45, 7) is 3.11. The summed E-state index contributed by atoms with van der Waals surface area (Å²) in [5.41, 5.74) is 4.43. The van der Waals surface area contributed by atoms with Crippen molar-refractivity contribution in [2.45, 2.75) is 19.7 Å². The van der Waals surface area contributed by atoms with E-state index in [0.29, 0.717) is 10.0 Å². The Morgan fingerprint density at radius 2 is 1.60 bits per heavy atom. The molecule has 0 aliphatic heterocycles. The fraction of sp³-hybridized carbons (Fsp3) is 0.150. The summed E-state index contributed by atoms with van der Waals surface area (Å²) in [7, 11) is 0. The van der Waals surface area contributed by atoms with Gasteiger partial charge in [0.15, 0.2) is 0 Å². The molecule has 0 bridgehead atoms. The summed E-state index contributed by atoms with van der Waals surface area (Å²) in [4.78, 5) is 4.46. The molecule has 3 aromatic rings. The second-order valence-electron chi connectivity index (χ2n) is 6.19. The highest BCUT2D eigenvalue weighted by molar-refractivity contribution is 6.68. The highest BCUT2D eigenvalue weighted by atomic mass is 35.5. The standard InChI is InChI=1S/C20H18BCl2NO/c1-13-6-8-15(11-17(13)22)20(19-5-3-4-10-24-19)21(25)16-9-7-14(2)18(23)12-16/h3-12,20,25H,1-2H3. The van der Waals surface area contributed by atoms with E-state index in [0.717, 1.165) is 27.8 Å². The maximum atomic E-state index is 11.1. The van der Waals surface area contributed by atoms with Crippen LogP contribution in [0.2, 0.25) is 10.0 Å². The summed E-state index contributed by atoms with van der Waals surface area (Å²) in [6.07, 6.45) is 1.73. The Morgan fingerprint density at radius 3 is 2.20 bits per heavy atom. The third kappa shape index (κ3) is 3.90. The molecule has 3 rings (SSSR count). The minimum absolute atomic E-state index is 0.335. The second kappa shape index (κ2) is 7.61. The quantitative estimate of drug-likeness (QED) is 0.683. The Morgan fingerprint density at radius 1 is 0.920 bits per heavy atom. The lowest BCUT2D eigenvalue weighted by Crippen LogP contribution is -2.38. The number of pyridine rings is 1. The van der Waals surface area contributed by atoms with Crippen molar-refractivity contribution in [1.82, 2.24) is 4.98 Å². The summed E-state index contributed by atoms with van der Waals surface area (Å²) in [5.74, 6) is -0.335. The third-order valence-corrected chi connectivity index (χ3v) is 5.23. The van der Waals surface area contributed by atoms with Gasteiger partial charge < -0.3 is 5.02 Å². The van der Waals surface area contributed by atoms with E-state index in [1.54, 1.807) is 6.20 Å². The fourth-order valence-electron chi connectivity index (χ4n) is 2.86. The average molecular weight is 370 g/mol. The van der Waals surface area contributed by atoms with Crippen LogP contribution in [0.1, 0.15) is 28.2 Å². The molecule has 126 valence electrons. The number of aromatic nitrogens is 1. The summed E-state index contributed by atoms with van der Waals surface area (Å²) >= 11 is 12.6. The second-order valence-corrected chi connectivity index (χ2v) is 7.01. The van der Waals surface area contributed by atoms with Gasteiger partial charge in [-0.3, -0.25) is 4.98 Å². The molecule has 2 aromatic carbocycles. The first-order chi connectivity index (χ1) is 12.0. The largest absolute Gasteiger partial charge is 0.446 e. The van der Waals surface area contributed by atoms with Crippen molar-refractivity contribution in [1.29, 1.82) is 0 Å². The van der Waals surface area contributed by atoms with E-state index in [9.17, 15) is 5.02 Å². The molecule has 5 heteroatoms. The van der Waals surface area contributed by atoms with Gasteiger partial charge in [0, 0.05) is 27.8 Å². The van der Waals surface area contributed by atoms with Crippen LogP contribution >= 0.6 is 23.2 Å². The van der Waals surface area contributed by atoms with Gasteiger partial charge in [-0.05, 0) is 60.3 Å². The first-order valence-corrected chi connectivity index (χ1v) is 8.84. The molecule has 0 aliphatic rings. The van der Waals surface area contributed by atoms with Gasteiger partial charge in [0.2, 0.25) is 0 Å². The maximum Gasteiger partial charge on any atom is 0.337 e. The van der Waals surface area contributed by atoms with E-state index in [1.807, 2.05) is 68.4 Å². The normalized spacial score (nSPS) is 12.0. The van der Waals surface area contributed by atoms with Gasteiger partial charge in [-0.2, -0.15) is 0 Å². The Hall–Kier alpha value is -1.81. The van der Waals surface area contributed by atoms with E-state index >= 15 is 0 Å². The summed E-state index contributed by atoms with van der Waals surface area (Å²) in [5, 5.41) is 12.4. The molecule has 1 atom stereocenters. The van der Waals surface area contributed by atoms with Crippen molar-refractivity contribution in [3.63, 3.8) is 0 Å². The van der Waals surface area contributed by atoms with Crippen LogP contribution in [0, 0.1) is 13.8 Å². The van der Waals surface area contributed by atoms with Crippen molar-refractivity contribution in [3.05, 3.63) is 93.2 Å². The van der Waals surface area contributed by atoms with E-state index in [-0.39, 0.29) is 5.82 Å². The van der Waals surface area contributed by atoms with Crippen LogP contribution in [0.4, 0.5) is 0 Å². The first-order valence-electron chi connectivity index (χ1n) is 8.08. The highest BCUT2D eigenvalue weighted by Crippen LogP contribution is 2.29. The molecule has 1 heterocycles. The van der Waals surface area contributed by atoms with Crippen LogP contribution in [0.15, 0.2) is 60.8 Å². The molecule has 0 fully saturated rings. The van der Waals surface area contributed by atoms with Gasteiger partial charge in [0.1, 0.15) is 0 Å². The van der Waals surface area contributed by atoms with Crippen LogP contribution in [-0.4, -0.2) is 16.9 Å². The lowest BCUT2D eigenvalue weighted by Gasteiger charge is -2.21. The lowest BCUT2D eigenvalue weighted by molar-refractivity contribution is 0.572. The number of hydrogen-bond donors (Lipinski definition) is 1. The number of hydrogen-bond acceptors (Lipinski definition) is 2. The molecular weight excluding hydrogens is 352 g/mol. The SMILES string of the molecule is Cc1ccc(B(O)C(c2ccc(C)c(Cl)c2)c2ccccn2)cc1Cl. The molecule has 1 N–H and O–H groups in total. The van der Waals surface area contributed by atoms with Gasteiger partial charge in [-0.1, -0.05) is 53.5 Å². The smallest absolute Gasteiger partial charge is 0.337 e. The third-order valence-electron chi connectivity index (χ3n) is 4.41. The average Bonchev–Trinajstić information content (AvgIpc) is 2.61. The van der Waals surface area contributed by atoms with Crippen molar-refractivity contribution >= 4 is 35.6 Å². The van der Waals surface area contributed by atoms with Crippen LogP contribution < -0.4 is 5.46 Å². The van der Waals surface area contributed by atoms with Crippen molar-refractivity contribution in [2.24, 2.45) is 0 Å². The van der Waals surface area contributed by atoms with Crippen molar-refractivity contribution in [2.75, 3.05) is 0 Å². The van der Waals surface area contributed by atoms with E-state index < -0.39 is 6.92 Å². The van der Waals surface area contributed by atoms with Crippen molar-refractivity contribution in [3.8, 4) is 0 Å². The Kier molecular flexibility index (Phi) is 5.48. The van der Waals surface area contributed by atoms with Gasteiger partial charge >= 0.3 is 6.92 Å². The lowest BCUT2D eigenvalue weighted by atomic mass is 9.48. The monoisotopic (exact) mass is 369 g/mol. The fourth-order valence-corrected chi connectivity index (χ4v) is 3.24. The maximum absolute atomic E-state index is 11.1. The molecule has 0 amide bonds. The van der Waals surface area contributed by atoms with Crippen LogP contribution in [-0.2, 0) is 0 Å². The molecule has 0 saturated carbocycles. The minimum Gasteiger partial charge on any atom is -0.446 e. The van der Waals surface area contributed by atoms with E-state index in [1.165, 1.54) is 0 Å². The highest BCUT2D eigenvalue weighted by Gasteiger charge is 2.31. The Labute approximate surface area is 158 Å². The van der Waals surface area contributed by atoms with E-state index in [4.69, 9.17) is 23.2 Å². The zero-order valence-corrected chi connectivity index (χ0v) is 15.6. The molecular formula is C20H18BCl2NO. The molecule has 0 spiro atoms. The Bertz CT molecular complexity index is 886. The number of benzene rings is 2. The van der Waals surface area contributed by atoms with Crippen LogP contribution in [0.3, 0.4) is 0 Å².